The highest BCUT2D eigenvalue weighted by molar-refractivity contribution is 5.53. The van der Waals surface area contributed by atoms with Gasteiger partial charge in [-0.25, -0.2) is 0 Å². The molecule has 2 nitrogen and oxygen atoms in total. The molecule has 0 saturated carbocycles. The third-order valence-electron chi connectivity index (χ3n) is 1.84. The number of aromatic nitrogens is 1. The van der Waals surface area contributed by atoms with Crippen molar-refractivity contribution in [3.8, 4) is 0 Å². The molecule has 0 fully saturated rings. The molecule has 1 aromatic rings. The molecule has 0 bridgehead atoms. The molecule has 2 heteroatoms. The van der Waals surface area contributed by atoms with E-state index in [1.54, 1.807) is 6.20 Å². The van der Waals surface area contributed by atoms with Crippen molar-refractivity contribution in [2.24, 2.45) is 5.73 Å². The summed E-state index contributed by atoms with van der Waals surface area (Å²) >= 11 is 0. The van der Waals surface area contributed by atoms with Crippen LogP contribution >= 0.6 is 0 Å². The summed E-state index contributed by atoms with van der Waals surface area (Å²) in [6.07, 6.45) is 7.43. The van der Waals surface area contributed by atoms with Gasteiger partial charge in [0.05, 0.1) is 0 Å². The molecule has 0 amide bonds. The van der Waals surface area contributed by atoms with Gasteiger partial charge in [-0.15, -0.1) is 0 Å². The van der Waals surface area contributed by atoms with Crippen LogP contribution in [0.5, 0.6) is 0 Å². The number of nitrogens with one attached hydrogen (secondary N) is 1. The molecule has 0 spiro atoms. The number of nitrogens with two attached hydrogens (primary N) is 1. The molecule has 0 saturated heterocycles. The molecule has 12 heavy (non-hydrogen) atoms. The molecular weight excluding hydrogens is 148 g/mol. The van der Waals surface area contributed by atoms with Crippen molar-refractivity contribution >= 4 is 11.6 Å². The Morgan fingerprint density at radius 1 is 1.58 bits per heavy atom. The monoisotopic (exact) mass is 162 g/mol. The van der Waals surface area contributed by atoms with E-state index in [0.717, 1.165) is 5.35 Å². The third-order valence-corrected chi connectivity index (χ3v) is 1.84. The normalized spacial score (nSPS) is 15.7. The number of hydrogen-bond acceptors (Lipinski definition) is 1. The summed E-state index contributed by atoms with van der Waals surface area (Å²) < 4.78 is 0. The lowest BCUT2D eigenvalue weighted by molar-refractivity contribution is 1.30. The Kier molecular flexibility index (Phi) is 2.75. The average Bonchev–Trinajstić information content (AvgIpc) is 2.51. The third kappa shape index (κ3) is 1.59. The highest BCUT2D eigenvalue weighted by atomic mass is 14.6. The van der Waals surface area contributed by atoms with Crippen molar-refractivity contribution in [2.45, 2.75) is 13.8 Å². The fourth-order valence-corrected chi connectivity index (χ4v) is 1.20. The Labute approximate surface area is 72.1 Å². The van der Waals surface area contributed by atoms with Crippen molar-refractivity contribution in [3.05, 3.63) is 35.1 Å². The molecule has 0 unspecified atom stereocenters. The Morgan fingerprint density at radius 3 is 2.92 bits per heavy atom. The molecule has 0 aliphatic heterocycles. The minimum atomic E-state index is 1.14. The first-order valence-electron chi connectivity index (χ1n) is 3.98. The maximum atomic E-state index is 5.31. The van der Waals surface area contributed by atoms with Gasteiger partial charge in [0.1, 0.15) is 0 Å². The highest BCUT2D eigenvalue weighted by Crippen LogP contribution is 1.88. The van der Waals surface area contributed by atoms with Crippen molar-refractivity contribution in [3.63, 3.8) is 0 Å². The summed E-state index contributed by atoms with van der Waals surface area (Å²) in [4.78, 5) is 3.14. The highest BCUT2D eigenvalue weighted by Gasteiger charge is 1.87. The SMILES string of the molecule is C/C=c1/[nH]cc/c1=C(C)/C=C\N. The minimum Gasteiger partial charge on any atom is -0.405 e. The van der Waals surface area contributed by atoms with E-state index in [9.17, 15) is 0 Å². The quantitative estimate of drug-likeness (QED) is 0.619. The van der Waals surface area contributed by atoms with E-state index in [1.807, 2.05) is 38.3 Å². The minimum absolute atomic E-state index is 1.14. The summed E-state index contributed by atoms with van der Waals surface area (Å²) in [5.74, 6) is 0. The molecule has 0 aromatic carbocycles. The predicted octanol–water partition coefficient (Wildman–Crippen LogP) is 0.458. The van der Waals surface area contributed by atoms with Crippen LogP contribution < -0.4 is 16.3 Å². The molecule has 0 aliphatic rings. The van der Waals surface area contributed by atoms with Crippen LogP contribution in [0.2, 0.25) is 0 Å². The molecule has 64 valence electrons. The maximum Gasteiger partial charge on any atom is 0.0413 e. The van der Waals surface area contributed by atoms with Crippen LogP contribution in [0.4, 0.5) is 0 Å². The smallest absolute Gasteiger partial charge is 0.0413 e. The summed E-state index contributed by atoms with van der Waals surface area (Å²) in [6.45, 7) is 4.05. The molecule has 3 N–H and O–H groups in total. The average molecular weight is 162 g/mol. The van der Waals surface area contributed by atoms with Crippen molar-refractivity contribution in [1.29, 1.82) is 0 Å². The van der Waals surface area contributed by atoms with Gasteiger partial charge in [-0.05, 0) is 37.8 Å². The van der Waals surface area contributed by atoms with E-state index in [4.69, 9.17) is 5.73 Å². The lowest BCUT2D eigenvalue weighted by Gasteiger charge is -1.87. The lowest BCUT2D eigenvalue weighted by Crippen LogP contribution is -2.23. The van der Waals surface area contributed by atoms with E-state index in [0.29, 0.717) is 0 Å². The standard InChI is InChI=1S/C10H14N2/c1-3-10-9(5-7-12-10)8(2)4-6-11/h3-7,12H,11H2,1-2H3/b6-4-,9-8-,10-3+. The molecule has 1 heterocycles. The van der Waals surface area contributed by atoms with E-state index in [2.05, 4.69) is 4.98 Å². The molecule has 1 rings (SSSR count). The molecule has 0 atom stereocenters. The summed E-state index contributed by atoms with van der Waals surface area (Å²) in [7, 11) is 0. The number of H-pyrrole nitrogens is 1. The number of allylic oxidation sites excluding steroid dienone is 1. The van der Waals surface area contributed by atoms with Crippen LogP contribution in [0.3, 0.4) is 0 Å². The lowest BCUT2D eigenvalue weighted by atomic mass is 10.2. The summed E-state index contributed by atoms with van der Waals surface area (Å²) in [5.41, 5.74) is 6.48. The Bertz CT molecular complexity index is 382. The van der Waals surface area contributed by atoms with Crippen LogP contribution in [0.25, 0.3) is 11.6 Å². The van der Waals surface area contributed by atoms with Gasteiger partial charge in [0, 0.05) is 16.8 Å². The fraction of sp³-hybridized carbons (Fsp3) is 0.200. The van der Waals surface area contributed by atoms with Crippen molar-refractivity contribution in [1.82, 2.24) is 4.98 Å². The Morgan fingerprint density at radius 2 is 2.33 bits per heavy atom. The van der Waals surface area contributed by atoms with Crippen molar-refractivity contribution in [2.75, 3.05) is 0 Å². The Hall–Kier alpha value is -1.44. The first-order valence-corrected chi connectivity index (χ1v) is 3.98. The van der Waals surface area contributed by atoms with Crippen LogP contribution in [-0.2, 0) is 0 Å². The number of aromatic amines is 1. The van der Waals surface area contributed by atoms with Gasteiger partial charge in [0.2, 0.25) is 0 Å². The van der Waals surface area contributed by atoms with Gasteiger partial charge in [0.15, 0.2) is 0 Å². The Balaban J connectivity index is 3.44. The van der Waals surface area contributed by atoms with Crippen LogP contribution in [0, 0.1) is 0 Å². The zero-order valence-electron chi connectivity index (χ0n) is 7.46. The van der Waals surface area contributed by atoms with Gasteiger partial charge in [-0.1, -0.05) is 6.08 Å². The fourth-order valence-electron chi connectivity index (χ4n) is 1.20. The molecule has 0 aliphatic carbocycles. The summed E-state index contributed by atoms with van der Waals surface area (Å²) in [6, 6.07) is 2.05. The second-order valence-electron chi connectivity index (χ2n) is 2.64. The number of hydrogen-bond donors (Lipinski definition) is 2. The van der Waals surface area contributed by atoms with Gasteiger partial charge in [-0.2, -0.15) is 0 Å². The second kappa shape index (κ2) is 3.81. The second-order valence-corrected chi connectivity index (χ2v) is 2.64. The van der Waals surface area contributed by atoms with Gasteiger partial charge < -0.3 is 10.7 Å². The topological polar surface area (TPSA) is 41.8 Å². The number of rotatable bonds is 1. The zero-order valence-corrected chi connectivity index (χ0v) is 7.46. The van der Waals surface area contributed by atoms with Crippen LogP contribution in [-0.4, -0.2) is 4.98 Å². The summed E-state index contributed by atoms with van der Waals surface area (Å²) in [5, 5.41) is 2.35. The van der Waals surface area contributed by atoms with Crippen LogP contribution in [0.15, 0.2) is 24.5 Å². The predicted molar refractivity (Wildman–Crippen MR) is 52.6 cm³/mol. The van der Waals surface area contributed by atoms with E-state index in [-0.39, 0.29) is 0 Å². The maximum absolute atomic E-state index is 5.31. The molecule has 1 aromatic heterocycles. The molecule has 0 radical (unpaired) electrons. The van der Waals surface area contributed by atoms with Crippen LogP contribution in [0.1, 0.15) is 13.8 Å². The van der Waals surface area contributed by atoms with E-state index >= 15 is 0 Å². The zero-order chi connectivity index (χ0) is 8.97. The van der Waals surface area contributed by atoms with Gasteiger partial charge in [0.25, 0.3) is 0 Å². The first kappa shape index (κ1) is 8.65. The van der Waals surface area contributed by atoms with Crippen molar-refractivity contribution < 1.29 is 0 Å². The van der Waals surface area contributed by atoms with Gasteiger partial charge in [-0.3, -0.25) is 0 Å². The van der Waals surface area contributed by atoms with E-state index in [1.165, 1.54) is 10.8 Å². The molecular formula is C10H14N2. The van der Waals surface area contributed by atoms with Gasteiger partial charge >= 0.3 is 0 Å². The largest absolute Gasteiger partial charge is 0.405 e. The van der Waals surface area contributed by atoms with E-state index < -0.39 is 0 Å². The first-order chi connectivity index (χ1) is 5.79.